The molecule has 0 heterocycles. The molecular weight excluding hydrogens is 438 g/mol. The van der Waals surface area contributed by atoms with Gasteiger partial charge in [-0.05, 0) is 142 Å². The SMILES string of the molecule is CCCN(C)CCCC(CCCN(C)CCC)(CCCN(C)CCC)CC[Si](CC)(OC)OC. The molecule has 0 atom stereocenters. The molecule has 0 aromatic carbocycles. The summed E-state index contributed by atoms with van der Waals surface area (Å²) in [6.45, 7) is 16.4. The van der Waals surface area contributed by atoms with Gasteiger partial charge in [-0.25, -0.2) is 0 Å². The van der Waals surface area contributed by atoms with Crippen molar-refractivity contribution >= 4 is 8.56 Å². The summed E-state index contributed by atoms with van der Waals surface area (Å²) in [6, 6.07) is 2.16. The quantitative estimate of drug-likeness (QED) is 0.141. The third-order valence-electron chi connectivity index (χ3n) is 7.88. The first-order valence-electron chi connectivity index (χ1n) is 14.4. The lowest BCUT2D eigenvalue weighted by atomic mass is 9.73. The third-order valence-corrected chi connectivity index (χ3v) is 11.5. The maximum Gasteiger partial charge on any atom is 0.337 e. The zero-order chi connectivity index (χ0) is 25.9. The summed E-state index contributed by atoms with van der Waals surface area (Å²) in [5, 5.41) is 0. The Labute approximate surface area is 216 Å². The third kappa shape index (κ3) is 14.5. The van der Waals surface area contributed by atoms with Crippen molar-refractivity contribution in [3.05, 3.63) is 0 Å². The van der Waals surface area contributed by atoms with Crippen molar-refractivity contribution in [3.63, 3.8) is 0 Å². The summed E-state index contributed by atoms with van der Waals surface area (Å²) in [4.78, 5) is 7.55. The minimum Gasteiger partial charge on any atom is -0.398 e. The van der Waals surface area contributed by atoms with Crippen LogP contribution in [0.25, 0.3) is 0 Å². The van der Waals surface area contributed by atoms with Crippen molar-refractivity contribution in [2.75, 3.05) is 74.6 Å². The Morgan fingerprint density at radius 2 is 0.912 bits per heavy atom. The van der Waals surface area contributed by atoms with Crippen LogP contribution in [0.5, 0.6) is 0 Å². The van der Waals surface area contributed by atoms with Gasteiger partial charge in [-0.1, -0.05) is 27.7 Å². The monoisotopic (exact) mass is 501 g/mol. The Morgan fingerprint density at radius 1 is 0.559 bits per heavy atom. The highest BCUT2D eigenvalue weighted by Crippen LogP contribution is 2.42. The summed E-state index contributed by atoms with van der Waals surface area (Å²) >= 11 is 0. The summed E-state index contributed by atoms with van der Waals surface area (Å²) in [7, 11) is 8.53. The lowest BCUT2D eigenvalue weighted by Gasteiger charge is -2.38. The van der Waals surface area contributed by atoms with Gasteiger partial charge in [-0.3, -0.25) is 0 Å². The Morgan fingerprint density at radius 3 is 1.18 bits per heavy atom. The molecule has 0 aromatic rings. The van der Waals surface area contributed by atoms with Crippen LogP contribution in [0.2, 0.25) is 12.1 Å². The van der Waals surface area contributed by atoms with Crippen LogP contribution in [0, 0.1) is 5.41 Å². The fourth-order valence-corrected chi connectivity index (χ4v) is 8.03. The fourth-order valence-electron chi connectivity index (χ4n) is 5.61. The Hall–Kier alpha value is 0.0169. The molecule has 0 spiro atoms. The van der Waals surface area contributed by atoms with E-state index in [4.69, 9.17) is 8.85 Å². The topological polar surface area (TPSA) is 28.2 Å². The number of hydrogen-bond acceptors (Lipinski definition) is 5. The zero-order valence-corrected chi connectivity index (χ0v) is 25.9. The normalized spacial score (nSPS) is 13.1. The molecule has 0 aliphatic rings. The Bertz CT molecular complexity index is 409. The molecule has 34 heavy (non-hydrogen) atoms. The van der Waals surface area contributed by atoms with Crippen LogP contribution in [0.4, 0.5) is 0 Å². The van der Waals surface area contributed by atoms with Gasteiger partial charge in [0, 0.05) is 14.2 Å². The molecular formula is C28H63N3O2Si. The van der Waals surface area contributed by atoms with Gasteiger partial charge < -0.3 is 23.6 Å². The molecule has 0 N–H and O–H groups in total. The first-order valence-corrected chi connectivity index (χ1v) is 16.6. The van der Waals surface area contributed by atoms with E-state index in [2.05, 4.69) is 63.5 Å². The Kier molecular flexibility index (Phi) is 20.1. The van der Waals surface area contributed by atoms with Crippen LogP contribution >= 0.6 is 0 Å². The van der Waals surface area contributed by atoms with E-state index < -0.39 is 8.56 Å². The first kappa shape index (κ1) is 34.0. The van der Waals surface area contributed by atoms with E-state index in [1.54, 1.807) is 0 Å². The van der Waals surface area contributed by atoms with Gasteiger partial charge in [0.1, 0.15) is 0 Å². The second kappa shape index (κ2) is 20.1. The molecule has 0 amide bonds. The summed E-state index contributed by atoms with van der Waals surface area (Å²) < 4.78 is 12.1. The highest BCUT2D eigenvalue weighted by molar-refractivity contribution is 6.67. The molecule has 0 aromatic heterocycles. The predicted molar refractivity (Wildman–Crippen MR) is 153 cm³/mol. The van der Waals surface area contributed by atoms with E-state index in [-0.39, 0.29) is 0 Å². The minimum atomic E-state index is -2.08. The number of hydrogen-bond donors (Lipinski definition) is 0. The van der Waals surface area contributed by atoms with E-state index in [9.17, 15) is 0 Å². The van der Waals surface area contributed by atoms with Crippen LogP contribution in [0.3, 0.4) is 0 Å². The minimum absolute atomic E-state index is 0.400. The van der Waals surface area contributed by atoms with Gasteiger partial charge >= 0.3 is 8.56 Å². The van der Waals surface area contributed by atoms with Gasteiger partial charge in [-0.2, -0.15) is 0 Å². The van der Waals surface area contributed by atoms with Crippen LogP contribution in [-0.2, 0) is 8.85 Å². The zero-order valence-electron chi connectivity index (χ0n) is 24.9. The second-order valence-corrected chi connectivity index (χ2v) is 14.7. The van der Waals surface area contributed by atoms with Crippen molar-refractivity contribution in [1.82, 2.24) is 14.7 Å². The largest absolute Gasteiger partial charge is 0.398 e. The molecule has 5 nitrogen and oxygen atoms in total. The fraction of sp³-hybridized carbons (Fsp3) is 1.00. The maximum absolute atomic E-state index is 6.05. The predicted octanol–water partition coefficient (Wildman–Crippen LogP) is 6.48. The molecule has 0 saturated carbocycles. The van der Waals surface area contributed by atoms with Gasteiger partial charge in [-0.15, -0.1) is 0 Å². The highest BCUT2D eigenvalue weighted by Gasteiger charge is 2.38. The van der Waals surface area contributed by atoms with E-state index in [1.807, 2.05) is 14.2 Å². The van der Waals surface area contributed by atoms with Crippen molar-refractivity contribution in [2.45, 2.75) is 104 Å². The van der Waals surface area contributed by atoms with E-state index >= 15 is 0 Å². The van der Waals surface area contributed by atoms with Crippen LogP contribution in [0.15, 0.2) is 0 Å². The second-order valence-electron chi connectivity index (χ2n) is 10.9. The van der Waals surface area contributed by atoms with Crippen LogP contribution in [0.1, 0.15) is 91.9 Å². The lowest BCUT2D eigenvalue weighted by molar-refractivity contribution is 0.154. The maximum atomic E-state index is 6.05. The van der Waals surface area contributed by atoms with Crippen molar-refractivity contribution in [1.29, 1.82) is 0 Å². The molecule has 0 bridgehead atoms. The van der Waals surface area contributed by atoms with Gasteiger partial charge in [0.25, 0.3) is 0 Å². The van der Waals surface area contributed by atoms with Crippen molar-refractivity contribution in [2.24, 2.45) is 5.41 Å². The van der Waals surface area contributed by atoms with Crippen molar-refractivity contribution < 1.29 is 8.85 Å². The lowest BCUT2D eigenvalue weighted by Crippen LogP contribution is -2.41. The van der Waals surface area contributed by atoms with Gasteiger partial charge in [0.05, 0.1) is 0 Å². The molecule has 206 valence electrons. The number of nitrogens with zero attached hydrogens (tertiary/aromatic N) is 3. The molecule has 0 rings (SSSR count). The average Bonchev–Trinajstić information content (AvgIpc) is 2.81. The molecule has 0 radical (unpaired) electrons. The standard InChI is InChI=1S/C28H63N3O2Si/c1-10-21-29(5)24-14-17-28(18-15-25-30(6)22-11-2,19-16-26-31(7)23-12-3)20-27-34(13-4,32-8)33-9/h10-27H2,1-9H3. The highest BCUT2D eigenvalue weighted by atomic mass is 28.4. The summed E-state index contributed by atoms with van der Waals surface area (Å²) in [5.41, 5.74) is 0.400. The Balaban J connectivity index is 5.50. The first-order chi connectivity index (χ1) is 16.3. The smallest absolute Gasteiger partial charge is 0.337 e. The van der Waals surface area contributed by atoms with Crippen LogP contribution < -0.4 is 0 Å². The van der Waals surface area contributed by atoms with Crippen LogP contribution in [-0.4, -0.2) is 97.9 Å². The number of rotatable bonds is 24. The molecule has 0 aliphatic heterocycles. The summed E-state index contributed by atoms with van der Waals surface area (Å²) in [6.07, 6.45) is 12.9. The van der Waals surface area contributed by atoms with Gasteiger partial charge in [0.15, 0.2) is 0 Å². The van der Waals surface area contributed by atoms with E-state index in [1.165, 1.54) is 103 Å². The molecule has 0 aliphatic carbocycles. The molecule has 0 saturated heterocycles. The molecule has 0 fully saturated rings. The van der Waals surface area contributed by atoms with Crippen molar-refractivity contribution in [3.8, 4) is 0 Å². The van der Waals surface area contributed by atoms with E-state index in [0.717, 1.165) is 12.1 Å². The molecule has 0 unspecified atom stereocenters. The van der Waals surface area contributed by atoms with E-state index in [0.29, 0.717) is 5.41 Å². The molecule has 6 heteroatoms. The summed E-state index contributed by atoms with van der Waals surface area (Å²) in [5.74, 6) is 0. The van der Waals surface area contributed by atoms with Gasteiger partial charge in [0.2, 0.25) is 0 Å². The average molecular weight is 502 g/mol.